The number of carbonyl (C=O) groups excluding carboxylic acids is 12. The maximum Gasteiger partial charge on any atom is 0.340 e. The van der Waals surface area contributed by atoms with Crippen molar-refractivity contribution in [3.05, 3.63) is 172 Å². The summed E-state index contributed by atoms with van der Waals surface area (Å²) >= 11 is 0. The largest absolute Gasteiger partial charge is 0.492 e. The Morgan fingerprint density at radius 3 is 1.28 bits per heavy atom. The van der Waals surface area contributed by atoms with Gasteiger partial charge in [0.2, 0.25) is 57.8 Å². The van der Waals surface area contributed by atoms with Gasteiger partial charge in [0.1, 0.15) is 28.5 Å². The fourth-order valence-corrected chi connectivity index (χ4v) is 12.0. The number of rotatable bonds is 12. The first-order valence-corrected chi connectivity index (χ1v) is 28.4. The van der Waals surface area contributed by atoms with Crippen LogP contribution in [0.3, 0.4) is 0 Å². The minimum Gasteiger partial charge on any atom is -0.492 e. The molecule has 5 aromatic heterocycles. The van der Waals surface area contributed by atoms with E-state index in [0.717, 1.165) is 53.4 Å². The molecule has 0 bridgehead atoms. The van der Waals surface area contributed by atoms with Gasteiger partial charge in [-0.2, -0.15) is 0 Å². The lowest BCUT2D eigenvalue weighted by Crippen LogP contribution is -2.23. The van der Waals surface area contributed by atoms with Crippen molar-refractivity contribution >= 4 is 70.1 Å². The second kappa shape index (κ2) is 28.4. The molecular formula is C67H77N5O18. The number of aryl methyl sites for hydroxylation is 2. The van der Waals surface area contributed by atoms with Crippen LogP contribution in [0.1, 0.15) is 213 Å². The van der Waals surface area contributed by atoms with E-state index in [0.29, 0.717) is 69.9 Å². The Balaban J connectivity index is 0.000000204. The number of nitrogens with zero attached hydrogens (tertiary/aromatic N) is 5. The number of allylic oxidation sites excluding steroid dienone is 10. The van der Waals surface area contributed by atoms with Crippen molar-refractivity contribution in [3.8, 4) is 0 Å². The van der Waals surface area contributed by atoms with Crippen molar-refractivity contribution in [2.75, 3.05) is 42.7 Å². The molecule has 0 radical (unpaired) electrons. The first-order valence-electron chi connectivity index (χ1n) is 28.4. The summed E-state index contributed by atoms with van der Waals surface area (Å²) in [6, 6.07) is 0. The van der Waals surface area contributed by atoms with Gasteiger partial charge < -0.3 is 51.3 Å². The van der Waals surface area contributed by atoms with Gasteiger partial charge in [-0.15, -0.1) is 0 Å². The number of carbonyl (C=O) groups is 12. The van der Waals surface area contributed by atoms with Gasteiger partial charge in [0, 0.05) is 99.7 Å². The van der Waals surface area contributed by atoms with Crippen molar-refractivity contribution in [3.63, 3.8) is 0 Å². The second-order valence-electron chi connectivity index (χ2n) is 20.8. The number of fused-ring (bicyclic) bond motifs is 5. The van der Waals surface area contributed by atoms with Gasteiger partial charge >= 0.3 is 5.97 Å². The van der Waals surface area contributed by atoms with Crippen LogP contribution in [0.25, 0.3) is 0 Å². The average molecular weight is 1240 g/mol. The number of esters is 1. The Morgan fingerprint density at radius 1 is 0.444 bits per heavy atom. The highest BCUT2D eigenvalue weighted by molar-refractivity contribution is 6.29. The van der Waals surface area contributed by atoms with E-state index in [9.17, 15) is 57.5 Å². The smallest absolute Gasteiger partial charge is 0.340 e. The molecule has 478 valence electrons. The molecule has 0 spiro atoms. The van der Waals surface area contributed by atoms with Crippen LogP contribution in [0.5, 0.6) is 0 Å². The highest BCUT2D eigenvalue weighted by Crippen LogP contribution is 2.35. The molecule has 5 heterocycles. The van der Waals surface area contributed by atoms with Crippen LogP contribution in [-0.2, 0) is 95.8 Å². The van der Waals surface area contributed by atoms with Crippen molar-refractivity contribution in [1.82, 2.24) is 22.8 Å². The highest BCUT2D eigenvalue weighted by atomic mass is 16.5. The van der Waals surface area contributed by atoms with Crippen LogP contribution in [0, 0.1) is 13.8 Å². The van der Waals surface area contributed by atoms with Crippen molar-refractivity contribution in [2.24, 2.45) is 35.2 Å². The normalized spacial score (nSPS) is 14.4. The van der Waals surface area contributed by atoms with Crippen LogP contribution < -0.4 is 0 Å². The Hall–Kier alpha value is -10.1. The predicted octanol–water partition coefficient (Wildman–Crippen LogP) is 8.73. The van der Waals surface area contributed by atoms with Crippen LogP contribution in [0.15, 0.2) is 64.9 Å². The molecule has 0 aliphatic heterocycles. The highest BCUT2D eigenvalue weighted by Gasteiger charge is 2.40. The first-order chi connectivity index (χ1) is 42.1. The van der Waals surface area contributed by atoms with Crippen molar-refractivity contribution in [2.45, 2.75) is 94.9 Å². The van der Waals surface area contributed by atoms with Crippen LogP contribution in [0.2, 0.25) is 0 Å². The maximum absolute atomic E-state index is 12.4. The van der Waals surface area contributed by atoms with Gasteiger partial charge in [-0.25, -0.2) is 4.79 Å². The molecular weight excluding hydrogens is 1160 g/mol. The summed E-state index contributed by atoms with van der Waals surface area (Å²) < 4.78 is 38.0. The van der Waals surface area contributed by atoms with Gasteiger partial charge in [0.15, 0.2) is 35.1 Å². The summed E-state index contributed by atoms with van der Waals surface area (Å²) in [5, 5.41) is 0. The average Bonchev–Trinajstić information content (AvgIpc) is 1.65. The third-order valence-corrected chi connectivity index (χ3v) is 16.4. The summed E-state index contributed by atoms with van der Waals surface area (Å²) in [6.07, 6.45) is 10.6. The van der Waals surface area contributed by atoms with E-state index in [-0.39, 0.29) is 116 Å². The van der Waals surface area contributed by atoms with E-state index in [1.807, 2.05) is 73.3 Å². The van der Waals surface area contributed by atoms with Crippen LogP contribution >= 0.6 is 0 Å². The molecule has 0 aromatic carbocycles. The lowest BCUT2D eigenvalue weighted by molar-refractivity contribution is 0.0594. The van der Waals surface area contributed by atoms with E-state index in [1.54, 1.807) is 46.3 Å². The summed E-state index contributed by atoms with van der Waals surface area (Å²) in [5.41, 5.74) is 10.4. The van der Waals surface area contributed by atoms with E-state index in [4.69, 9.17) is 28.4 Å². The van der Waals surface area contributed by atoms with Gasteiger partial charge in [0.25, 0.3) is 0 Å². The second-order valence-corrected chi connectivity index (χ2v) is 20.8. The number of methoxy groups -OCH3 is 6. The predicted molar refractivity (Wildman–Crippen MR) is 330 cm³/mol. The monoisotopic (exact) mass is 1240 g/mol. The molecule has 5 aliphatic carbocycles. The molecule has 0 fully saturated rings. The number of hydrogen-bond donors (Lipinski definition) is 0. The van der Waals surface area contributed by atoms with Gasteiger partial charge in [-0.05, 0) is 69.6 Å². The number of aldehydes is 1. The SMILES string of the molecule is C.CCc1c(C(=O)OC)c2c(n1C)C(=O)C=C(OC)C2=O.CCc1c(C)c2c(n1C)C(=O)C(C)=C(OC)C2=O.CCc1c(C=O)c2c(n1C)C(=O)C=C(OC)C2=O.CCc1c2c(n(C)c1C)C(=O)C=C(OC)C2=O.CCc1cn(C)c2c1C(=O)C(OC)=CC2=O. The van der Waals surface area contributed by atoms with E-state index < -0.39 is 17.5 Å². The van der Waals surface area contributed by atoms with E-state index >= 15 is 0 Å². The van der Waals surface area contributed by atoms with Crippen molar-refractivity contribution in [1.29, 1.82) is 0 Å². The first kappa shape index (κ1) is 70.7. The Bertz CT molecular complexity index is 4100. The molecule has 5 aromatic rings. The van der Waals surface area contributed by atoms with Crippen LogP contribution in [-0.4, -0.2) is 136 Å². The molecule has 0 saturated heterocycles. The lowest BCUT2D eigenvalue weighted by Gasteiger charge is -2.16. The topological polar surface area (TPSA) is 285 Å². The Labute approximate surface area is 521 Å². The number of ether oxygens (including phenoxy) is 6. The summed E-state index contributed by atoms with van der Waals surface area (Å²) in [5.74, 6) is -2.89. The number of Topliss-reactive ketones (excluding diaryl/α,β-unsaturated/α-hetero) is 6. The molecule has 23 heteroatoms. The van der Waals surface area contributed by atoms with Gasteiger partial charge in [0.05, 0.1) is 76.0 Å². The molecule has 10 rings (SSSR count). The van der Waals surface area contributed by atoms with Crippen molar-refractivity contribution < 1.29 is 86.0 Å². The minimum atomic E-state index is -0.628. The third kappa shape index (κ3) is 11.8. The number of aromatic nitrogens is 5. The fourth-order valence-electron chi connectivity index (χ4n) is 12.0. The standard InChI is InChI=1S/C14H15NO5.C14H17NO3.C13H13NO4.C13H15NO3.C12H13NO3.CH4/c1-5-7-10(14(18)20-4)11-12(15(7)2)8(16)6-9(19-3)13(11)17;1-6-9-7(2)10-11(15(9)4)12(16)8(3)14(18-5)13(10)17;1-4-8-7(6-15)11-12(14(8)2)9(16)5-10(18-3)13(11)17;1-5-8-7(2)14(3)12-9(15)6-10(17-4)13(16)11(8)12;1-4-7-6-13(2)11-8(14)5-9(16-3)12(15)10(7)11;/h6H,5H2,1-4H3;6H2,1-5H3;5-6H,4H2,1-3H3;6H,5H2,1-4H3;5-6H,4H2,1-3H3;1H4. The third-order valence-electron chi connectivity index (χ3n) is 16.4. The fraction of sp³-hybridized carbons (Fsp3) is 0.373. The molecule has 90 heavy (non-hydrogen) atoms. The summed E-state index contributed by atoms with van der Waals surface area (Å²) in [4.78, 5) is 144. The summed E-state index contributed by atoms with van der Waals surface area (Å²) in [6.45, 7) is 15.1. The number of ketones is 10. The Kier molecular flexibility index (Phi) is 22.3. The Morgan fingerprint density at radius 2 is 0.856 bits per heavy atom. The molecule has 0 atom stereocenters. The summed E-state index contributed by atoms with van der Waals surface area (Å²) in [7, 11) is 16.9. The molecule has 0 N–H and O–H groups in total. The maximum atomic E-state index is 12.4. The molecule has 0 unspecified atom stereocenters. The molecule has 5 aliphatic rings. The van der Waals surface area contributed by atoms with E-state index in [1.165, 1.54) is 60.9 Å². The van der Waals surface area contributed by atoms with E-state index in [2.05, 4.69) is 0 Å². The lowest BCUT2D eigenvalue weighted by atomic mass is 9.92. The van der Waals surface area contributed by atoms with Gasteiger partial charge in [-0.1, -0.05) is 42.0 Å². The number of hydrogen-bond acceptors (Lipinski definition) is 18. The molecule has 23 nitrogen and oxygen atoms in total. The zero-order valence-electron chi connectivity index (χ0n) is 53.6. The zero-order chi connectivity index (χ0) is 66.7. The molecule has 0 saturated carbocycles. The molecule has 0 amide bonds. The zero-order valence-corrected chi connectivity index (χ0v) is 53.6. The van der Waals surface area contributed by atoms with Gasteiger partial charge in [-0.3, -0.25) is 52.7 Å². The quantitative estimate of drug-likeness (QED) is 0.0833. The van der Waals surface area contributed by atoms with Crippen LogP contribution in [0.4, 0.5) is 0 Å². The minimum absolute atomic E-state index is 0.